The average molecular weight is 493 g/mol. The fraction of sp³-hybridized carbons (Fsp3) is 0.789. The molecule has 0 spiro atoms. The molecule has 0 saturated carbocycles. The van der Waals surface area contributed by atoms with Crippen LogP contribution in [0.15, 0.2) is 11.1 Å². The van der Waals surface area contributed by atoms with Gasteiger partial charge in [0.1, 0.15) is 0 Å². The summed E-state index contributed by atoms with van der Waals surface area (Å²) in [5, 5.41) is 21.7. The minimum absolute atomic E-state index is 0.0632. The molecule has 7 N–H and O–H groups in total. The van der Waals surface area contributed by atoms with Crippen molar-refractivity contribution in [1.29, 1.82) is 0 Å². The van der Waals surface area contributed by atoms with Gasteiger partial charge in [0, 0.05) is 51.5 Å². The highest BCUT2D eigenvalue weighted by molar-refractivity contribution is 8.04. The van der Waals surface area contributed by atoms with Crippen molar-refractivity contribution in [3.63, 3.8) is 0 Å². The Bertz CT molecular complexity index is 747. The Morgan fingerprint density at radius 1 is 1.06 bits per heavy atom. The lowest BCUT2D eigenvalue weighted by molar-refractivity contribution is -0.180. The van der Waals surface area contributed by atoms with E-state index in [2.05, 4.69) is 42.1 Å². The number of halogens is 3. The van der Waals surface area contributed by atoms with E-state index in [1.54, 1.807) is 0 Å². The van der Waals surface area contributed by atoms with Crippen LogP contribution in [0.2, 0.25) is 0 Å². The summed E-state index contributed by atoms with van der Waals surface area (Å²) in [6.07, 6.45) is -2.04. The van der Waals surface area contributed by atoms with Gasteiger partial charge in [-0.2, -0.15) is 13.2 Å². The van der Waals surface area contributed by atoms with E-state index >= 15 is 0 Å². The lowest BCUT2D eigenvalue weighted by Gasteiger charge is -2.42. The molecule has 4 aliphatic rings. The van der Waals surface area contributed by atoms with Gasteiger partial charge in [-0.25, -0.2) is 0 Å². The van der Waals surface area contributed by atoms with Crippen LogP contribution in [0.3, 0.4) is 0 Å². The molecule has 0 aromatic rings. The van der Waals surface area contributed by atoms with Gasteiger partial charge in [0.05, 0.1) is 35.2 Å². The van der Waals surface area contributed by atoms with Crippen molar-refractivity contribution in [1.82, 2.24) is 42.1 Å². The molecule has 3 fully saturated rings. The lowest BCUT2D eigenvalue weighted by Crippen LogP contribution is -2.68. The number of rotatable bonds is 6. The molecule has 5 atom stereocenters. The first-order valence-electron chi connectivity index (χ1n) is 11.2. The van der Waals surface area contributed by atoms with E-state index in [9.17, 15) is 22.8 Å². The monoisotopic (exact) mass is 492 g/mol. The van der Waals surface area contributed by atoms with E-state index in [1.165, 1.54) is 11.8 Å². The third kappa shape index (κ3) is 6.11. The molecule has 2 amide bonds. The summed E-state index contributed by atoms with van der Waals surface area (Å²) in [5.74, 6) is -1.16. The molecular formula is C19H31F3N8O2S. The van der Waals surface area contributed by atoms with Crippen molar-refractivity contribution in [2.75, 3.05) is 45.3 Å². The molecule has 0 bridgehead atoms. The van der Waals surface area contributed by atoms with Crippen LogP contribution in [0.25, 0.3) is 0 Å². The Hall–Kier alpha value is -1.58. The number of fused-ring (bicyclic) bond motifs is 1. The second kappa shape index (κ2) is 10.8. The van der Waals surface area contributed by atoms with Gasteiger partial charge in [-0.1, -0.05) is 0 Å². The predicted molar refractivity (Wildman–Crippen MR) is 117 cm³/mol. The number of hydrogen-bond acceptors (Lipinski definition) is 9. The Morgan fingerprint density at radius 3 is 2.55 bits per heavy atom. The normalized spacial score (nSPS) is 32.6. The van der Waals surface area contributed by atoms with E-state index in [0.29, 0.717) is 11.6 Å². The summed E-state index contributed by atoms with van der Waals surface area (Å²) in [6, 6.07) is -0.457. The zero-order valence-electron chi connectivity index (χ0n) is 18.1. The molecule has 4 rings (SSSR count). The molecule has 4 heterocycles. The maximum Gasteiger partial charge on any atom is 0.393 e. The molecule has 14 heteroatoms. The topological polar surface area (TPSA) is 122 Å². The molecule has 10 nitrogen and oxygen atoms in total. The molecule has 0 aromatic carbocycles. The average Bonchev–Trinajstić information content (AvgIpc) is 3.30. The summed E-state index contributed by atoms with van der Waals surface area (Å²) in [5.41, 5.74) is 0. The van der Waals surface area contributed by atoms with Crippen molar-refractivity contribution in [3.05, 3.63) is 11.1 Å². The molecule has 0 aliphatic carbocycles. The van der Waals surface area contributed by atoms with Crippen LogP contribution in [0.5, 0.6) is 0 Å². The van der Waals surface area contributed by atoms with E-state index in [0.717, 1.165) is 19.0 Å². The minimum atomic E-state index is -4.24. The van der Waals surface area contributed by atoms with Crippen molar-refractivity contribution < 1.29 is 22.8 Å². The van der Waals surface area contributed by atoms with Crippen LogP contribution in [0.4, 0.5) is 13.2 Å². The van der Waals surface area contributed by atoms with Crippen LogP contribution in [-0.2, 0) is 9.59 Å². The summed E-state index contributed by atoms with van der Waals surface area (Å²) in [4.78, 5) is 27.6. The van der Waals surface area contributed by atoms with Crippen LogP contribution in [0.1, 0.15) is 12.8 Å². The number of nitrogens with one attached hydrogen (secondary N) is 7. The number of alkyl halides is 3. The third-order valence-corrected chi connectivity index (χ3v) is 7.36. The number of carbonyl (C=O) groups is 2. The van der Waals surface area contributed by atoms with Crippen molar-refractivity contribution in [3.8, 4) is 0 Å². The van der Waals surface area contributed by atoms with Gasteiger partial charge < -0.3 is 20.9 Å². The SMILES string of the molecule is O=C(NCCNC(=O)C1CCC(C(F)(F)F)CN1)C1=CN(C2NCNC3NCNC32)CCS1. The van der Waals surface area contributed by atoms with Gasteiger partial charge in [-0.3, -0.25) is 30.9 Å². The zero-order valence-corrected chi connectivity index (χ0v) is 19.0. The number of nitrogens with zero attached hydrogens (tertiary/aromatic N) is 1. The van der Waals surface area contributed by atoms with E-state index in [-0.39, 0.29) is 62.7 Å². The van der Waals surface area contributed by atoms with Crippen molar-refractivity contribution in [2.45, 2.75) is 43.4 Å². The van der Waals surface area contributed by atoms with Crippen molar-refractivity contribution >= 4 is 23.6 Å². The smallest absolute Gasteiger partial charge is 0.358 e. The summed E-state index contributed by atoms with van der Waals surface area (Å²) in [6.45, 7) is 2.42. The summed E-state index contributed by atoms with van der Waals surface area (Å²) in [7, 11) is 0. The fourth-order valence-electron chi connectivity index (χ4n) is 4.54. The number of hydrogen-bond donors (Lipinski definition) is 7. The number of carbonyl (C=O) groups excluding carboxylic acids is 2. The highest BCUT2D eigenvalue weighted by atomic mass is 32.2. The lowest BCUT2D eigenvalue weighted by atomic mass is 9.94. The van der Waals surface area contributed by atoms with Crippen LogP contribution >= 0.6 is 11.8 Å². The Balaban J connectivity index is 1.19. The molecule has 0 aromatic heterocycles. The molecule has 33 heavy (non-hydrogen) atoms. The second-order valence-corrected chi connectivity index (χ2v) is 9.66. The standard InChI is InChI=1S/C19H31F3N8O2S/c20-19(21,22)11-1-2-12(25-7-11)17(31)23-3-4-24-18(32)13-8-30(5-6-33-13)16-14-15(27-9-26-14)28-10-29-16/h8,11-12,14-16,25-29H,1-7,9-10H2,(H,23,31)(H,24,32). The first-order chi connectivity index (χ1) is 15.8. The fourth-order valence-corrected chi connectivity index (χ4v) is 5.47. The van der Waals surface area contributed by atoms with Crippen LogP contribution in [0, 0.1) is 5.92 Å². The first kappa shape index (κ1) is 24.5. The Labute approximate surface area is 194 Å². The molecular weight excluding hydrogens is 461 g/mol. The highest BCUT2D eigenvalue weighted by Gasteiger charge is 2.42. The van der Waals surface area contributed by atoms with Gasteiger partial charge in [-0.15, -0.1) is 11.8 Å². The van der Waals surface area contributed by atoms with Gasteiger partial charge in [0.2, 0.25) is 5.91 Å². The summed E-state index contributed by atoms with van der Waals surface area (Å²) >= 11 is 1.49. The molecule has 5 unspecified atom stereocenters. The predicted octanol–water partition coefficient (Wildman–Crippen LogP) is -1.64. The number of piperidine rings is 1. The molecule has 0 radical (unpaired) electrons. The van der Waals surface area contributed by atoms with Crippen LogP contribution in [-0.4, -0.2) is 92.6 Å². The Morgan fingerprint density at radius 2 is 1.82 bits per heavy atom. The van der Waals surface area contributed by atoms with Crippen molar-refractivity contribution in [2.24, 2.45) is 5.92 Å². The number of amides is 2. The van der Waals surface area contributed by atoms with E-state index < -0.39 is 18.1 Å². The van der Waals surface area contributed by atoms with E-state index in [4.69, 9.17) is 0 Å². The Kier molecular flexibility index (Phi) is 8.02. The molecule has 186 valence electrons. The summed E-state index contributed by atoms with van der Waals surface area (Å²) < 4.78 is 38.2. The van der Waals surface area contributed by atoms with Gasteiger partial charge >= 0.3 is 6.18 Å². The maximum absolute atomic E-state index is 12.7. The van der Waals surface area contributed by atoms with Gasteiger partial charge in [0.25, 0.3) is 5.91 Å². The van der Waals surface area contributed by atoms with E-state index in [1.807, 2.05) is 6.20 Å². The quantitative estimate of drug-likeness (QED) is 0.219. The van der Waals surface area contributed by atoms with Gasteiger partial charge in [0.15, 0.2) is 0 Å². The minimum Gasteiger partial charge on any atom is -0.358 e. The largest absolute Gasteiger partial charge is 0.393 e. The zero-order chi connectivity index (χ0) is 23.4. The maximum atomic E-state index is 12.7. The number of thioether (sulfide) groups is 1. The first-order valence-corrected chi connectivity index (χ1v) is 12.2. The van der Waals surface area contributed by atoms with Crippen LogP contribution < -0.4 is 37.2 Å². The molecule has 4 aliphatic heterocycles. The highest BCUT2D eigenvalue weighted by Crippen LogP contribution is 2.32. The second-order valence-electron chi connectivity index (χ2n) is 8.52. The van der Waals surface area contributed by atoms with Gasteiger partial charge in [-0.05, 0) is 12.8 Å². The molecule has 3 saturated heterocycles. The third-order valence-electron chi connectivity index (χ3n) is 6.37.